The summed E-state index contributed by atoms with van der Waals surface area (Å²) in [6.45, 7) is 12.3. The number of nitrogens with zero attached hydrogens (tertiary/aromatic N) is 1. The predicted molar refractivity (Wildman–Crippen MR) is 125 cm³/mol. The Morgan fingerprint density at radius 2 is 1.73 bits per heavy atom. The Morgan fingerprint density at radius 1 is 1.12 bits per heavy atom. The zero-order valence-electron chi connectivity index (χ0n) is 20.3. The van der Waals surface area contributed by atoms with Crippen LogP contribution in [0.2, 0.25) is 0 Å². The number of aryl methyl sites for hydroxylation is 2. The highest BCUT2D eigenvalue weighted by Crippen LogP contribution is 2.25. The number of primary amides is 1. The van der Waals surface area contributed by atoms with Crippen molar-refractivity contribution in [1.29, 1.82) is 0 Å². The summed E-state index contributed by atoms with van der Waals surface area (Å²) in [5.74, 6) is -2.19. The van der Waals surface area contributed by atoms with E-state index in [0.717, 1.165) is 16.0 Å². The van der Waals surface area contributed by atoms with E-state index in [9.17, 15) is 19.2 Å². The van der Waals surface area contributed by atoms with Gasteiger partial charge in [-0.3, -0.25) is 19.3 Å². The summed E-state index contributed by atoms with van der Waals surface area (Å²) >= 11 is 0. The fourth-order valence-corrected chi connectivity index (χ4v) is 3.00. The monoisotopic (exact) mass is 458 g/mol. The molecule has 9 nitrogen and oxygen atoms in total. The second-order valence-corrected chi connectivity index (χ2v) is 9.12. The van der Waals surface area contributed by atoms with Gasteiger partial charge in [0.25, 0.3) is 5.91 Å². The van der Waals surface area contributed by atoms with Crippen LogP contribution in [0.25, 0.3) is 0 Å². The molecule has 0 spiro atoms. The standard InChI is InChI=1S/C24H34N4O5/c1-9-28(22(31)18(13-19(25)29)27-23(32)33-24(6,7)8)20(21(30)26-14(2)3)17-11-10-15(4)16(5)12-17/h1,10-12,14,18,20H,13H2,2-8H3,(H2,25,29)(H,26,30)(H,27,32). The number of carbonyl (C=O) groups excluding carboxylic acids is 4. The molecular formula is C24H34N4O5. The van der Waals surface area contributed by atoms with Gasteiger partial charge in [-0.2, -0.15) is 0 Å². The molecule has 1 rings (SSSR count). The normalized spacial score (nSPS) is 12.8. The van der Waals surface area contributed by atoms with E-state index < -0.39 is 47.9 Å². The fourth-order valence-electron chi connectivity index (χ4n) is 3.00. The van der Waals surface area contributed by atoms with Crippen LogP contribution in [0.5, 0.6) is 0 Å². The number of nitrogens with two attached hydrogens (primary N) is 1. The maximum atomic E-state index is 13.4. The molecule has 1 aromatic carbocycles. The molecule has 0 heterocycles. The van der Waals surface area contributed by atoms with Gasteiger partial charge in [0.05, 0.1) is 6.42 Å². The Bertz CT molecular complexity index is 943. The van der Waals surface area contributed by atoms with E-state index in [-0.39, 0.29) is 6.04 Å². The van der Waals surface area contributed by atoms with Crippen LogP contribution < -0.4 is 16.4 Å². The molecule has 2 unspecified atom stereocenters. The number of hydrogen-bond acceptors (Lipinski definition) is 5. The van der Waals surface area contributed by atoms with E-state index in [1.165, 1.54) is 0 Å². The van der Waals surface area contributed by atoms with Gasteiger partial charge in [0, 0.05) is 12.1 Å². The van der Waals surface area contributed by atoms with Crippen LogP contribution in [0, 0.1) is 26.3 Å². The third-order valence-electron chi connectivity index (χ3n) is 4.56. The molecule has 0 aromatic heterocycles. The average molecular weight is 459 g/mol. The van der Waals surface area contributed by atoms with E-state index in [4.69, 9.17) is 16.9 Å². The van der Waals surface area contributed by atoms with Crippen molar-refractivity contribution < 1.29 is 23.9 Å². The Morgan fingerprint density at radius 3 is 2.18 bits per heavy atom. The highest BCUT2D eigenvalue weighted by Gasteiger charge is 2.36. The van der Waals surface area contributed by atoms with Crippen LogP contribution in [0.1, 0.15) is 63.8 Å². The Hall–Kier alpha value is -3.54. The molecular weight excluding hydrogens is 424 g/mol. The Balaban J connectivity index is 3.42. The van der Waals surface area contributed by atoms with Crippen molar-refractivity contribution in [2.75, 3.05) is 0 Å². The fraction of sp³-hybridized carbons (Fsp3) is 0.500. The lowest BCUT2D eigenvalue weighted by Gasteiger charge is -2.30. The quantitative estimate of drug-likeness (QED) is 0.405. The Labute approximate surface area is 195 Å². The first-order valence-corrected chi connectivity index (χ1v) is 10.6. The number of carbonyl (C=O) groups is 4. The van der Waals surface area contributed by atoms with Crippen molar-refractivity contribution in [3.63, 3.8) is 0 Å². The molecule has 4 amide bonds. The first kappa shape index (κ1) is 27.5. The minimum absolute atomic E-state index is 0.220. The van der Waals surface area contributed by atoms with Crippen LogP contribution in [0.3, 0.4) is 0 Å². The van der Waals surface area contributed by atoms with Gasteiger partial charge in [-0.15, -0.1) is 0 Å². The molecule has 180 valence electrons. The zero-order valence-corrected chi connectivity index (χ0v) is 20.3. The lowest BCUT2D eigenvalue weighted by Crippen LogP contribution is -2.53. The molecule has 0 aliphatic carbocycles. The number of terminal acetylenes is 1. The van der Waals surface area contributed by atoms with Crippen LogP contribution in [0.15, 0.2) is 18.2 Å². The van der Waals surface area contributed by atoms with Gasteiger partial charge < -0.3 is 21.1 Å². The second kappa shape index (κ2) is 11.4. The minimum atomic E-state index is -1.42. The first-order valence-electron chi connectivity index (χ1n) is 10.6. The minimum Gasteiger partial charge on any atom is -0.444 e. The number of hydrogen-bond donors (Lipinski definition) is 3. The van der Waals surface area contributed by atoms with Crippen molar-refractivity contribution in [1.82, 2.24) is 15.5 Å². The molecule has 0 bridgehead atoms. The smallest absolute Gasteiger partial charge is 0.408 e. The van der Waals surface area contributed by atoms with E-state index in [0.29, 0.717) is 5.56 Å². The summed E-state index contributed by atoms with van der Waals surface area (Å²) in [5.41, 5.74) is 6.84. The molecule has 9 heteroatoms. The highest BCUT2D eigenvalue weighted by molar-refractivity contribution is 5.95. The highest BCUT2D eigenvalue weighted by atomic mass is 16.6. The molecule has 1 aromatic rings. The summed E-state index contributed by atoms with van der Waals surface area (Å²) < 4.78 is 5.18. The number of alkyl carbamates (subject to hydrolysis) is 1. The van der Waals surface area contributed by atoms with Crippen molar-refractivity contribution in [3.05, 3.63) is 34.9 Å². The SMILES string of the molecule is C#CN(C(=O)C(CC(N)=O)NC(=O)OC(C)(C)C)C(C(=O)NC(C)C)c1ccc(C)c(C)c1. The molecule has 0 saturated carbocycles. The maximum Gasteiger partial charge on any atom is 0.408 e. The van der Waals surface area contributed by atoms with Crippen LogP contribution in [-0.2, 0) is 19.1 Å². The summed E-state index contributed by atoms with van der Waals surface area (Å²) in [5, 5.41) is 5.11. The zero-order chi connectivity index (χ0) is 25.5. The van der Waals surface area contributed by atoms with Crippen LogP contribution in [-0.4, -0.2) is 46.4 Å². The third-order valence-corrected chi connectivity index (χ3v) is 4.56. The molecule has 0 saturated heterocycles. The largest absolute Gasteiger partial charge is 0.444 e. The molecule has 0 fully saturated rings. The predicted octanol–water partition coefficient (Wildman–Crippen LogP) is 2.06. The summed E-state index contributed by atoms with van der Waals surface area (Å²) in [6.07, 6.45) is 4.22. The number of rotatable bonds is 8. The molecule has 0 radical (unpaired) electrons. The first-order chi connectivity index (χ1) is 15.2. The molecule has 33 heavy (non-hydrogen) atoms. The second-order valence-electron chi connectivity index (χ2n) is 9.12. The van der Waals surface area contributed by atoms with Crippen LogP contribution >= 0.6 is 0 Å². The number of nitrogens with one attached hydrogen (secondary N) is 2. The van der Waals surface area contributed by atoms with Gasteiger partial charge >= 0.3 is 6.09 Å². The van der Waals surface area contributed by atoms with Gasteiger partial charge in [0.15, 0.2) is 0 Å². The van der Waals surface area contributed by atoms with Crippen LogP contribution in [0.4, 0.5) is 4.79 Å². The van der Waals surface area contributed by atoms with Gasteiger partial charge in [0.1, 0.15) is 17.7 Å². The average Bonchev–Trinajstić information content (AvgIpc) is 2.64. The van der Waals surface area contributed by atoms with Gasteiger partial charge in [0.2, 0.25) is 11.8 Å². The number of amides is 4. The Kier molecular flexibility index (Phi) is 9.47. The lowest BCUT2D eigenvalue weighted by molar-refractivity contribution is -0.139. The van der Waals surface area contributed by atoms with Crippen molar-refractivity contribution >= 4 is 23.8 Å². The maximum absolute atomic E-state index is 13.4. The van der Waals surface area contributed by atoms with E-state index in [2.05, 4.69) is 16.7 Å². The molecule has 0 aliphatic heterocycles. The van der Waals surface area contributed by atoms with Gasteiger partial charge in [-0.1, -0.05) is 24.6 Å². The van der Waals surface area contributed by atoms with Crippen molar-refractivity contribution in [2.24, 2.45) is 5.73 Å². The van der Waals surface area contributed by atoms with Gasteiger partial charge in [-0.05, 0) is 65.2 Å². The van der Waals surface area contributed by atoms with E-state index in [1.54, 1.807) is 46.8 Å². The van der Waals surface area contributed by atoms with Crippen molar-refractivity contribution in [3.8, 4) is 12.5 Å². The number of ether oxygens (including phenoxy) is 1. The van der Waals surface area contributed by atoms with Gasteiger partial charge in [-0.25, -0.2) is 4.79 Å². The lowest BCUT2D eigenvalue weighted by atomic mass is 9.98. The summed E-state index contributed by atoms with van der Waals surface area (Å²) in [6, 6.07) is 4.69. The molecule has 4 N–H and O–H groups in total. The summed E-state index contributed by atoms with van der Waals surface area (Å²) in [7, 11) is 0. The van der Waals surface area contributed by atoms with E-state index >= 15 is 0 Å². The third kappa shape index (κ3) is 8.48. The van der Waals surface area contributed by atoms with Crippen molar-refractivity contribution in [2.45, 2.75) is 78.6 Å². The van der Waals surface area contributed by atoms with E-state index in [1.807, 2.05) is 19.9 Å². The topological polar surface area (TPSA) is 131 Å². The molecule has 0 aliphatic rings. The summed E-state index contributed by atoms with van der Waals surface area (Å²) in [4.78, 5) is 51.3. The molecule has 2 atom stereocenters. The number of benzene rings is 1.